The fourth-order valence-electron chi connectivity index (χ4n) is 2.95. The van der Waals surface area contributed by atoms with Crippen LogP contribution in [0.15, 0.2) is 0 Å². The summed E-state index contributed by atoms with van der Waals surface area (Å²) in [4.78, 5) is 2.52. The maximum Gasteiger partial charge on any atom is 0.0621 e. The van der Waals surface area contributed by atoms with E-state index >= 15 is 0 Å². The first kappa shape index (κ1) is 12.3. The molecule has 2 aliphatic rings. The molecule has 1 saturated heterocycles. The summed E-state index contributed by atoms with van der Waals surface area (Å²) >= 11 is 0. The normalized spacial score (nSPS) is 39.4. The van der Waals surface area contributed by atoms with Gasteiger partial charge in [0.2, 0.25) is 0 Å². The summed E-state index contributed by atoms with van der Waals surface area (Å²) in [5, 5.41) is 13.5. The molecular weight excluding hydrogens is 200 g/mol. The Morgan fingerprint density at radius 3 is 2.75 bits per heavy atom. The Labute approximate surface area is 99.2 Å². The molecule has 3 atom stereocenters. The lowest BCUT2D eigenvalue weighted by Gasteiger charge is -2.51. The van der Waals surface area contributed by atoms with Crippen LogP contribution in [0.2, 0.25) is 0 Å². The van der Waals surface area contributed by atoms with Gasteiger partial charge in [-0.3, -0.25) is 0 Å². The molecular formula is C13H26N2O. The standard InChI is InChI=1S/C13H26N2O/c1-4-15-7-5-6-10(9-15)14-11-8-12(16)13(11,2)3/h10-12,14,16H,4-9H2,1-3H3. The Balaban J connectivity index is 1.82. The van der Waals surface area contributed by atoms with Crippen LogP contribution >= 0.6 is 0 Å². The van der Waals surface area contributed by atoms with E-state index in [4.69, 9.17) is 0 Å². The summed E-state index contributed by atoms with van der Waals surface area (Å²) in [6.45, 7) is 10.2. The molecule has 2 rings (SSSR count). The van der Waals surface area contributed by atoms with Crippen molar-refractivity contribution in [3.8, 4) is 0 Å². The van der Waals surface area contributed by atoms with Crippen LogP contribution in [0, 0.1) is 5.41 Å². The highest BCUT2D eigenvalue weighted by atomic mass is 16.3. The zero-order valence-corrected chi connectivity index (χ0v) is 10.9. The van der Waals surface area contributed by atoms with Crippen molar-refractivity contribution in [2.75, 3.05) is 19.6 Å². The van der Waals surface area contributed by atoms with E-state index in [-0.39, 0.29) is 11.5 Å². The number of nitrogens with one attached hydrogen (secondary N) is 1. The number of piperidine rings is 1. The van der Waals surface area contributed by atoms with Gasteiger partial charge in [0.05, 0.1) is 6.10 Å². The number of hydrogen-bond acceptors (Lipinski definition) is 3. The Bertz CT molecular complexity index is 242. The van der Waals surface area contributed by atoms with E-state index in [9.17, 15) is 5.11 Å². The van der Waals surface area contributed by atoms with E-state index < -0.39 is 0 Å². The summed E-state index contributed by atoms with van der Waals surface area (Å²) in [6, 6.07) is 1.13. The van der Waals surface area contributed by atoms with Gasteiger partial charge in [0, 0.05) is 24.0 Å². The Morgan fingerprint density at radius 2 is 2.19 bits per heavy atom. The summed E-state index contributed by atoms with van der Waals surface area (Å²) in [5.41, 5.74) is 0.0640. The molecule has 0 radical (unpaired) electrons. The van der Waals surface area contributed by atoms with Crippen molar-refractivity contribution in [1.82, 2.24) is 10.2 Å². The minimum atomic E-state index is -0.115. The van der Waals surface area contributed by atoms with Crippen LogP contribution in [-0.2, 0) is 0 Å². The van der Waals surface area contributed by atoms with E-state index in [0.29, 0.717) is 12.1 Å². The van der Waals surface area contributed by atoms with Crippen LogP contribution in [0.1, 0.15) is 40.0 Å². The quantitative estimate of drug-likeness (QED) is 0.759. The summed E-state index contributed by atoms with van der Waals surface area (Å²) in [5.74, 6) is 0. The summed E-state index contributed by atoms with van der Waals surface area (Å²) in [7, 11) is 0. The molecule has 3 nitrogen and oxygen atoms in total. The lowest BCUT2D eigenvalue weighted by Crippen LogP contribution is -2.63. The highest BCUT2D eigenvalue weighted by molar-refractivity contribution is 5.03. The highest BCUT2D eigenvalue weighted by Crippen LogP contribution is 2.40. The van der Waals surface area contributed by atoms with Gasteiger partial charge in [-0.25, -0.2) is 0 Å². The predicted octanol–water partition coefficient (Wildman–Crippen LogP) is 1.22. The maximum atomic E-state index is 9.72. The molecule has 94 valence electrons. The van der Waals surface area contributed by atoms with Gasteiger partial charge in [0.25, 0.3) is 0 Å². The van der Waals surface area contributed by atoms with E-state index in [1.54, 1.807) is 0 Å². The zero-order valence-electron chi connectivity index (χ0n) is 10.9. The summed E-state index contributed by atoms with van der Waals surface area (Å²) in [6.07, 6.45) is 3.41. The van der Waals surface area contributed by atoms with Crippen LogP contribution in [0.3, 0.4) is 0 Å². The molecule has 3 unspecified atom stereocenters. The van der Waals surface area contributed by atoms with Crippen molar-refractivity contribution in [2.45, 2.75) is 58.2 Å². The monoisotopic (exact) mass is 226 g/mol. The first-order chi connectivity index (χ1) is 7.54. The lowest BCUT2D eigenvalue weighted by molar-refractivity contribution is -0.0780. The lowest BCUT2D eigenvalue weighted by atomic mass is 9.64. The van der Waals surface area contributed by atoms with Gasteiger partial charge >= 0.3 is 0 Å². The molecule has 0 amide bonds. The van der Waals surface area contributed by atoms with Gasteiger partial charge in [-0.15, -0.1) is 0 Å². The number of hydrogen-bond donors (Lipinski definition) is 2. The van der Waals surface area contributed by atoms with Crippen LogP contribution in [0.25, 0.3) is 0 Å². The predicted molar refractivity (Wildman–Crippen MR) is 66.5 cm³/mol. The van der Waals surface area contributed by atoms with Crippen molar-refractivity contribution in [3.63, 3.8) is 0 Å². The van der Waals surface area contributed by atoms with Crippen molar-refractivity contribution in [3.05, 3.63) is 0 Å². The average Bonchev–Trinajstić information content (AvgIpc) is 2.29. The van der Waals surface area contributed by atoms with Gasteiger partial charge in [0.15, 0.2) is 0 Å². The second-order valence-electron chi connectivity index (χ2n) is 6.02. The number of rotatable bonds is 3. The van der Waals surface area contributed by atoms with E-state index in [2.05, 4.69) is 31.0 Å². The molecule has 16 heavy (non-hydrogen) atoms. The third kappa shape index (κ3) is 2.27. The van der Waals surface area contributed by atoms with Crippen LogP contribution in [-0.4, -0.2) is 47.8 Å². The van der Waals surface area contributed by atoms with Gasteiger partial charge in [-0.2, -0.15) is 0 Å². The van der Waals surface area contributed by atoms with Gasteiger partial charge in [-0.05, 0) is 32.4 Å². The average molecular weight is 226 g/mol. The number of likely N-dealkylation sites (N-methyl/N-ethyl adjacent to an activating group) is 1. The number of aliphatic hydroxyl groups excluding tert-OH is 1. The van der Waals surface area contributed by atoms with Crippen LogP contribution in [0.4, 0.5) is 0 Å². The highest BCUT2D eigenvalue weighted by Gasteiger charge is 2.47. The largest absolute Gasteiger partial charge is 0.392 e. The van der Waals surface area contributed by atoms with Crippen molar-refractivity contribution < 1.29 is 5.11 Å². The minimum absolute atomic E-state index is 0.0640. The molecule has 1 aliphatic heterocycles. The molecule has 3 heteroatoms. The van der Waals surface area contributed by atoms with E-state index in [0.717, 1.165) is 13.0 Å². The Morgan fingerprint density at radius 1 is 1.44 bits per heavy atom. The van der Waals surface area contributed by atoms with Crippen molar-refractivity contribution >= 4 is 0 Å². The minimum Gasteiger partial charge on any atom is -0.392 e. The Kier molecular flexibility index (Phi) is 3.57. The van der Waals surface area contributed by atoms with Crippen LogP contribution < -0.4 is 5.32 Å². The molecule has 0 spiro atoms. The first-order valence-electron chi connectivity index (χ1n) is 6.70. The first-order valence-corrected chi connectivity index (χ1v) is 6.70. The van der Waals surface area contributed by atoms with E-state index in [1.165, 1.54) is 25.9 Å². The second kappa shape index (κ2) is 4.63. The van der Waals surface area contributed by atoms with Crippen molar-refractivity contribution in [2.24, 2.45) is 5.41 Å². The maximum absolute atomic E-state index is 9.72. The molecule has 0 aromatic carbocycles. The smallest absolute Gasteiger partial charge is 0.0621 e. The van der Waals surface area contributed by atoms with Crippen molar-refractivity contribution in [1.29, 1.82) is 0 Å². The molecule has 0 aromatic heterocycles. The van der Waals surface area contributed by atoms with Gasteiger partial charge in [0.1, 0.15) is 0 Å². The Hall–Kier alpha value is -0.120. The molecule has 0 aromatic rings. The third-order valence-electron chi connectivity index (χ3n) is 4.61. The second-order valence-corrected chi connectivity index (χ2v) is 6.02. The molecule has 2 N–H and O–H groups in total. The van der Waals surface area contributed by atoms with Gasteiger partial charge in [-0.1, -0.05) is 20.8 Å². The fourth-order valence-corrected chi connectivity index (χ4v) is 2.95. The van der Waals surface area contributed by atoms with E-state index in [1.807, 2.05) is 0 Å². The third-order valence-corrected chi connectivity index (χ3v) is 4.61. The van der Waals surface area contributed by atoms with Crippen LogP contribution in [0.5, 0.6) is 0 Å². The fraction of sp³-hybridized carbons (Fsp3) is 1.00. The molecule has 0 bridgehead atoms. The topological polar surface area (TPSA) is 35.5 Å². The molecule has 1 heterocycles. The zero-order chi connectivity index (χ0) is 11.8. The van der Waals surface area contributed by atoms with Gasteiger partial charge < -0.3 is 15.3 Å². The number of likely N-dealkylation sites (tertiary alicyclic amines) is 1. The molecule has 2 fully saturated rings. The number of nitrogens with zero attached hydrogens (tertiary/aromatic N) is 1. The number of aliphatic hydroxyl groups is 1. The molecule has 1 saturated carbocycles. The molecule has 1 aliphatic carbocycles. The summed E-state index contributed by atoms with van der Waals surface area (Å²) < 4.78 is 0. The SMILES string of the molecule is CCN1CCCC(NC2CC(O)C2(C)C)C1.